The summed E-state index contributed by atoms with van der Waals surface area (Å²) in [4.78, 5) is 10.9. The molecule has 3 nitrogen and oxygen atoms in total. The van der Waals surface area contributed by atoms with Crippen LogP contribution in [-0.4, -0.2) is 15.4 Å². The molecule has 0 aliphatic rings. The van der Waals surface area contributed by atoms with Crippen LogP contribution in [0.1, 0.15) is 10.5 Å². The first-order valence-electron chi connectivity index (χ1n) is 3.52. The van der Waals surface area contributed by atoms with Gasteiger partial charge in [0.1, 0.15) is 0 Å². The summed E-state index contributed by atoms with van der Waals surface area (Å²) < 4.78 is 0. The highest BCUT2D eigenvalue weighted by atomic mass is 35.5. The maximum absolute atomic E-state index is 10.9. The van der Waals surface area contributed by atoms with E-state index in [1.54, 1.807) is 18.2 Å². The summed E-state index contributed by atoms with van der Waals surface area (Å²) in [6, 6.07) is 5.11. The zero-order valence-electron chi connectivity index (χ0n) is 6.34. The number of hydrogen-bond donors (Lipinski definition) is 1. The predicted octanol–water partition coefficient (Wildman–Crippen LogP) is 2.60. The van der Waals surface area contributed by atoms with E-state index < -0.39 is 5.24 Å². The molecule has 1 aromatic carbocycles. The van der Waals surface area contributed by atoms with Gasteiger partial charge in [0.05, 0.1) is 5.52 Å². The number of H-pyrrole nitrogens is 1. The van der Waals surface area contributed by atoms with Gasteiger partial charge in [-0.3, -0.25) is 9.89 Å². The van der Waals surface area contributed by atoms with Crippen molar-refractivity contribution in [3.8, 4) is 0 Å². The topological polar surface area (TPSA) is 45.8 Å². The molecule has 0 saturated heterocycles. The number of carbonyl (C=O) groups excluding carboxylic acids is 1. The number of hydrogen-bond acceptors (Lipinski definition) is 2. The second kappa shape index (κ2) is 3.01. The molecule has 13 heavy (non-hydrogen) atoms. The molecule has 0 saturated carbocycles. The zero-order valence-corrected chi connectivity index (χ0v) is 7.86. The number of nitrogens with one attached hydrogen (secondary N) is 1. The van der Waals surface area contributed by atoms with E-state index in [-0.39, 0.29) is 5.69 Å². The van der Waals surface area contributed by atoms with Crippen LogP contribution >= 0.6 is 23.2 Å². The number of aromatic nitrogens is 2. The van der Waals surface area contributed by atoms with Crippen molar-refractivity contribution in [1.82, 2.24) is 10.2 Å². The van der Waals surface area contributed by atoms with Crippen LogP contribution in [-0.2, 0) is 0 Å². The van der Waals surface area contributed by atoms with E-state index in [2.05, 4.69) is 10.2 Å². The SMILES string of the molecule is O=C(Cl)c1n[nH]c2ccc(Cl)cc12. The molecule has 0 aliphatic carbocycles. The highest BCUT2D eigenvalue weighted by Gasteiger charge is 2.11. The quantitative estimate of drug-likeness (QED) is 0.743. The van der Waals surface area contributed by atoms with E-state index >= 15 is 0 Å². The largest absolute Gasteiger partial charge is 0.277 e. The minimum Gasteiger partial charge on any atom is -0.277 e. The lowest BCUT2D eigenvalue weighted by Crippen LogP contribution is -1.88. The van der Waals surface area contributed by atoms with Crippen LogP contribution in [0, 0.1) is 0 Å². The summed E-state index contributed by atoms with van der Waals surface area (Å²) in [5.41, 5.74) is 0.951. The van der Waals surface area contributed by atoms with Crippen LogP contribution < -0.4 is 0 Å². The third-order valence-corrected chi connectivity index (χ3v) is 2.13. The van der Waals surface area contributed by atoms with Crippen molar-refractivity contribution in [2.45, 2.75) is 0 Å². The average molecular weight is 215 g/mol. The molecule has 0 aliphatic heterocycles. The lowest BCUT2D eigenvalue weighted by atomic mass is 10.2. The maximum atomic E-state index is 10.9. The molecule has 2 aromatic rings. The van der Waals surface area contributed by atoms with Crippen molar-refractivity contribution in [2.75, 3.05) is 0 Å². The highest BCUT2D eigenvalue weighted by Crippen LogP contribution is 2.21. The number of fused-ring (bicyclic) bond motifs is 1. The fourth-order valence-corrected chi connectivity index (χ4v) is 1.45. The number of nitrogens with zero attached hydrogens (tertiary/aromatic N) is 1. The van der Waals surface area contributed by atoms with Gasteiger partial charge in [-0.05, 0) is 29.8 Å². The molecule has 0 atom stereocenters. The smallest absolute Gasteiger partial charge is 0.273 e. The molecule has 1 heterocycles. The van der Waals surface area contributed by atoms with Crippen LogP contribution in [0.4, 0.5) is 0 Å². The van der Waals surface area contributed by atoms with Crippen molar-refractivity contribution in [3.05, 3.63) is 28.9 Å². The Morgan fingerprint density at radius 1 is 1.46 bits per heavy atom. The summed E-state index contributed by atoms with van der Waals surface area (Å²) >= 11 is 11.1. The Labute approximate surface area is 83.6 Å². The van der Waals surface area contributed by atoms with E-state index in [9.17, 15) is 4.79 Å². The van der Waals surface area contributed by atoms with Crippen LogP contribution in [0.2, 0.25) is 5.02 Å². The normalized spacial score (nSPS) is 10.6. The Morgan fingerprint density at radius 2 is 2.23 bits per heavy atom. The monoisotopic (exact) mass is 214 g/mol. The summed E-state index contributed by atoms with van der Waals surface area (Å²) in [6.45, 7) is 0. The summed E-state index contributed by atoms with van der Waals surface area (Å²) in [7, 11) is 0. The highest BCUT2D eigenvalue weighted by molar-refractivity contribution is 6.68. The molecule has 1 aromatic heterocycles. The van der Waals surface area contributed by atoms with E-state index in [4.69, 9.17) is 23.2 Å². The number of halogens is 2. The lowest BCUT2D eigenvalue weighted by molar-refractivity contribution is 0.107. The molecule has 66 valence electrons. The Hall–Kier alpha value is -1.06. The second-order valence-electron chi connectivity index (χ2n) is 2.54. The molecule has 5 heteroatoms. The minimum atomic E-state index is -0.589. The van der Waals surface area contributed by atoms with Crippen molar-refractivity contribution < 1.29 is 4.79 Å². The summed E-state index contributed by atoms with van der Waals surface area (Å²) in [5, 5.41) is 7.06. The Balaban J connectivity index is 2.79. The molecule has 1 N–H and O–H groups in total. The van der Waals surface area contributed by atoms with E-state index in [1.807, 2.05) is 0 Å². The van der Waals surface area contributed by atoms with Gasteiger partial charge < -0.3 is 0 Å². The molecular weight excluding hydrogens is 211 g/mol. The number of benzene rings is 1. The van der Waals surface area contributed by atoms with E-state index in [0.717, 1.165) is 5.52 Å². The second-order valence-corrected chi connectivity index (χ2v) is 3.32. The fraction of sp³-hybridized carbons (Fsp3) is 0. The van der Waals surface area contributed by atoms with Crippen molar-refractivity contribution in [2.24, 2.45) is 0 Å². The maximum Gasteiger partial charge on any atom is 0.273 e. The summed E-state index contributed by atoms with van der Waals surface area (Å²) in [5.74, 6) is 0. The predicted molar refractivity (Wildman–Crippen MR) is 51.3 cm³/mol. The van der Waals surface area contributed by atoms with Crippen LogP contribution in [0.15, 0.2) is 18.2 Å². The van der Waals surface area contributed by atoms with Crippen molar-refractivity contribution >= 4 is 39.3 Å². The van der Waals surface area contributed by atoms with Gasteiger partial charge in [0, 0.05) is 10.4 Å². The van der Waals surface area contributed by atoms with Gasteiger partial charge in [-0.15, -0.1) is 0 Å². The molecule has 0 spiro atoms. The molecule has 2 rings (SSSR count). The van der Waals surface area contributed by atoms with Crippen LogP contribution in [0.5, 0.6) is 0 Å². The molecule has 0 bridgehead atoms. The van der Waals surface area contributed by atoms with E-state index in [0.29, 0.717) is 10.4 Å². The average Bonchev–Trinajstić information content (AvgIpc) is 2.46. The Kier molecular flexibility index (Phi) is 1.98. The number of carbonyl (C=O) groups is 1. The Morgan fingerprint density at radius 3 is 2.92 bits per heavy atom. The molecule has 0 amide bonds. The van der Waals surface area contributed by atoms with Crippen molar-refractivity contribution in [3.63, 3.8) is 0 Å². The fourth-order valence-electron chi connectivity index (χ4n) is 1.14. The first-order valence-corrected chi connectivity index (χ1v) is 4.27. The number of aromatic amines is 1. The van der Waals surface area contributed by atoms with Gasteiger partial charge in [-0.25, -0.2) is 0 Å². The third kappa shape index (κ3) is 1.41. The van der Waals surface area contributed by atoms with Gasteiger partial charge in [0.2, 0.25) is 0 Å². The van der Waals surface area contributed by atoms with Crippen molar-refractivity contribution in [1.29, 1.82) is 0 Å². The van der Waals surface area contributed by atoms with Gasteiger partial charge in [-0.1, -0.05) is 11.6 Å². The van der Waals surface area contributed by atoms with E-state index in [1.165, 1.54) is 0 Å². The van der Waals surface area contributed by atoms with Gasteiger partial charge in [0.25, 0.3) is 5.24 Å². The first kappa shape index (κ1) is 8.53. The molecule has 0 radical (unpaired) electrons. The molecule has 0 fully saturated rings. The molecular formula is C8H4Cl2N2O. The minimum absolute atomic E-state index is 0.208. The lowest BCUT2D eigenvalue weighted by Gasteiger charge is -1.90. The summed E-state index contributed by atoms with van der Waals surface area (Å²) in [6.07, 6.45) is 0. The van der Waals surface area contributed by atoms with Gasteiger partial charge in [0.15, 0.2) is 5.69 Å². The Bertz CT molecular complexity index is 478. The van der Waals surface area contributed by atoms with Crippen LogP contribution in [0.25, 0.3) is 10.9 Å². The van der Waals surface area contributed by atoms with Gasteiger partial charge in [-0.2, -0.15) is 5.10 Å². The van der Waals surface area contributed by atoms with Crippen LogP contribution in [0.3, 0.4) is 0 Å². The first-order chi connectivity index (χ1) is 6.18. The number of rotatable bonds is 1. The molecule has 0 unspecified atom stereocenters. The standard InChI is InChI=1S/C8H4Cl2N2O/c9-4-1-2-6-5(3-4)7(8(10)13)12-11-6/h1-3H,(H,11,12). The third-order valence-electron chi connectivity index (χ3n) is 1.71. The zero-order chi connectivity index (χ0) is 9.42. The van der Waals surface area contributed by atoms with Gasteiger partial charge >= 0.3 is 0 Å².